The molecule has 2 aromatic carbocycles. The zero-order chi connectivity index (χ0) is 21.1. The summed E-state index contributed by atoms with van der Waals surface area (Å²) in [7, 11) is -4.22. The van der Waals surface area contributed by atoms with Gasteiger partial charge in [0.15, 0.2) is 0 Å². The first-order valence-electron chi connectivity index (χ1n) is 8.31. The summed E-state index contributed by atoms with van der Waals surface area (Å²) in [6.07, 6.45) is 0. The largest absolute Gasteiger partial charge is 0.534 e. The van der Waals surface area contributed by atoms with Gasteiger partial charge in [-0.25, -0.2) is 0 Å². The van der Waals surface area contributed by atoms with Gasteiger partial charge in [-0.3, -0.25) is 0 Å². The number of methoxy groups -OCH3 is 1. The van der Waals surface area contributed by atoms with E-state index in [1.807, 2.05) is 13.0 Å². The van der Waals surface area contributed by atoms with Crippen molar-refractivity contribution in [2.45, 2.75) is 38.8 Å². The summed E-state index contributed by atoms with van der Waals surface area (Å²) >= 11 is 0. The van der Waals surface area contributed by atoms with E-state index < -0.39 is 21.2 Å². The molecule has 0 atom stereocenters. The molecule has 152 valence electrons. The quantitative estimate of drug-likeness (QED) is 0.530. The Morgan fingerprint density at radius 3 is 2.11 bits per heavy atom. The minimum Gasteiger partial charge on any atom is -0.496 e. The van der Waals surface area contributed by atoms with Gasteiger partial charge in [0.1, 0.15) is 22.8 Å². The molecule has 0 aliphatic carbocycles. The van der Waals surface area contributed by atoms with Crippen LogP contribution in [-0.2, 0) is 15.7 Å². The predicted molar refractivity (Wildman–Crippen MR) is 97.2 cm³/mol. The second kappa shape index (κ2) is 6.30. The average Bonchev–Trinajstić information content (AvgIpc) is 2.55. The summed E-state index contributed by atoms with van der Waals surface area (Å²) in [5.41, 5.74) is -3.36. The zero-order valence-corrected chi connectivity index (χ0v) is 16.7. The maximum atomic E-state index is 12.7. The summed E-state index contributed by atoms with van der Waals surface area (Å²) in [5, 5.41) is 0. The molecule has 0 saturated carbocycles. The standard InChI is InChI=1S/C19H19F3O5S/c1-10-7-13-12-6-11(2)16(27-28(23,24)19(20,21)22)8-14(12)18(3,4)26-17(13)9-15(10)25-5/h6-9H,1-5H3. The van der Waals surface area contributed by atoms with Crippen LogP contribution in [0.15, 0.2) is 24.3 Å². The van der Waals surface area contributed by atoms with Crippen LogP contribution in [0.1, 0.15) is 30.5 Å². The Bertz CT molecular complexity index is 1060. The van der Waals surface area contributed by atoms with E-state index in [0.717, 1.165) is 16.7 Å². The van der Waals surface area contributed by atoms with Crippen LogP contribution in [0.25, 0.3) is 11.1 Å². The highest BCUT2D eigenvalue weighted by Gasteiger charge is 2.49. The first kappa shape index (κ1) is 20.3. The van der Waals surface area contributed by atoms with Crippen LogP contribution in [0.2, 0.25) is 0 Å². The molecule has 1 heterocycles. The molecule has 0 amide bonds. The van der Waals surface area contributed by atoms with E-state index in [0.29, 0.717) is 17.1 Å². The summed E-state index contributed by atoms with van der Waals surface area (Å²) < 4.78 is 76.7. The van der Waals surface area contributed by atoms with E-state index in [-0.39, 0.29) is 11.3 Å². The lowest BCUT2D eigenvalue weighted by Gasteiger charge is -2.36. The fraction of sp³-hybridized carbons (Fsp3) is 0.368. The monoisotopic (exact) mass is 416 g/mol. The highest BCUT2D eigenvalue weighted by atomic mass is 32.2. The van der Waals surface area contributed by atoms with Crippen molar-refractivity contribution in [3.8, 4) is 28.4 Å². The molecule has 2 aromatic rings. The van der Waals surface area contributed by atoms with Crippen molar-refractivity contribution in [3.63, 3.8) is 0 Å². The van der Waals surface area contributed by atoms with Crippen molar-refractivity contribution in [3.05, 3.63) is 41.0 Å². The smallest absolute Gasteiger partial charge is 0.496 e. The summed E-state index contributed by atoms with van der Waals surface area (Å²) in [6, 6.07) is 6.50. The van der Waals surface area contributed by atoms with Gasteiger partial charge in [0.25, 0.3) is 0 Å². The van der Waals surface area contributed by atoms with Crippen LogP contribution in [0.3, 0.4) is 0 Å². The van der Waals surface area contributed by atoms with Crippen LogP contribution in [0.5, 0.6) is 17.2 Å². The predicted octanol–water partition coefficient (Wildman–Crippen LogP) is 4.83. The first-order valence-corrected chi connectivity index (χ1v) is 9.71. The Morgan fingerprint density at radius 1 is 0.964 bits per heavy atom. The Hall–Kier alpha value is -2.42. The van der Waals surface area contributed by atoms with Crippen molar-refractivity contribution < 1.29 is 35.2 Å². The Kier molecular flexibility index (Phi) is 4.57. The van der Waals surface area contributed by atoms with Gasteiger partial charge in [-0.15, -0.1) is 0 Å². The van der Waals surface area contributed by atoms with E-state index in [1.54, 1.807) is 33.1 Å². The lowest BCUT2D eigenvalue weighted by molar-refractivity contribution is -0.0500. The number of hydrogen-bond acceptors (Lipinski definition) is 5. The maximum absolute atomic E-state index is 12.7. The van der Waals surface area contributed by atoms with Gasteiger partial charge in [-0.2, -0.15) is 21.6 Å². The highest BCUT2D eigenvalue weighted by Crippen LogP contribution is 2.49. The van der Waals surface area contributed by atoms with Gasteiger partial charge in [0, 0.05) is 17.2 Å². The van der Waals surface area contributed by atoms with Gasteiger partial charge >= 0.3 is 15.6 Å². The van der Waals surface area contributed by atoms with Crippen LogP contribution in [0.4, 0.5) is 13.2 Å². The molecule has 9 heteroatoms. The third-order valence-corrected chi connectivity index (χ3v) is 5.56. The third kappa shape index (κ3) is 3.28. The highest BCUT2D eigenvalue weighted by molar-refractivity contribution is 7.88. The Labute approximate surface area is 161 Å². The molecular weight excluding hydrogens is 397 g/mol. The van der Waals surface area contributed by atoms with E-state index in [2.05, 4.69) is 4.18 Å². The maximum Gasteiger partial charge on any atom is 0.534 e. The van der Waals surface area contributed by atoms with Crippen molar-refractivity contribution in [2.75, 3.05) is 7.11 Å². The minimum absolute atomic E-state index is 0.253. The van der Waals surface area contributed by atoms with Crippen molar-refractivity contribution in [1.29, 1.82) is 0 Å². The Morgan fingerprint density at radius 2 is 1.54 bits per heavy atom. The second-order valence-electron chi connectivity index (χ2n) is 7.08. The number of rotatable bonds is 3. The van der Waals surface area contributed by atoms with E-state index >= 15 is 0 Å². The summed E-state index contributed by atoms with van der Waals surface area (Å²) in [4.78, 5) is 0. The number of benzene rings is 2. The van der Waals surface area contributed by atoms with Gasteiger partial charge in [0.05, 0.1) is 7.11 Å². The fourth-order valence-corrected chi connectivity index (χ4v) is 3.69. The van der Waals surface area contributed by atoms with Crippen LogP contribution < -0.4 is 13.7 Å². The van der Waals surface area contributed by atoms with Gasteiger partial charge in [0.2, 0.25) is 0 Å². The first-order chi connectivity index (χ1) is 12.8. The van der Waals surface area contributed by atoms with Crippen LogP contribution in [0, 0.1) is 13.8 Å². The minimum atomic E-state index is -5.77. The lowest BCUT2D eigenvalue weighted by Crippen LogP contribution is -2.31. The number of aryl methyl sites for hydroxylation is 2. The van der Waals surface area contributed by atoms with Crippen LogP contribution >= 0.6 is 0 Å². The van der Waals surface area contributed by atoms with E-state index in [1.165, 1.54) is 13.0 Å². The van der Waals surface area contributed by atoms with E-state index in [4.69, 9.17) is 9.47 Å². The number of alkyl halides is 3. The molecule has 0 N–H and O–H groups in total. The van der Waals surface area contributed by atoms with Crippen molar-refractivity contribution >= 4 is 10.1 Å². The normalized spacial score (nSPS) is 15.3. The summed E-state index contributed by atoms with van der Waals surface area (Å²) in [6.45, 7) is 6.82. The zero-order valence-electron chi connectivity index (χ0n) is 15.9. The lowest BCUT2D eigenvalue weighted by atomic mass is 9.84. The molecule has 28 heavy (non-hydrogen) atoms. The van der Waals surface area contributed by atoms with E-state index in [9.17, 15) is 21.6 Å². The van der Waals surface area contributed by atoms with Crippen LogP contribution in [-0.4, -0.2) is 21.0 Å². The van der Waals surface area contributed by atoms with Gasteiger partial charge < -0.3 is 13.7 Å². The summed E-state index contributed by atoms with van der Waals surface area (Å²) in [5.74, 6) is 0.823. The molecule has 5 nitrogen and oxygen atoms in total. The molecule has 0 unspecified atom stereocenters. The topological polar surface area (TPSA) is 61.8 Å². The van der Waals surface area contributed by atoms with Gasteiger partial charge in [-0.05, 0) is 62.6 Å². The molecule has 0 aromatic heterocycles. The third-order valence-electron chi connectivity index (χ3n) is 4.60. The Balaban J connectivity index is 2.19. The van der Waals surface area contributed by atoms with Crippen molar-refractivity contribution in [1.82, 2.24) is 0 Å². The molecule has 1 aliphatic rings. The SMILES string of the molecule is COc1cc2c(cc1C)-c1cc(C)c(OS(=O)(=O)C(F)(F)F)cc1C(C)(C)O2. The molecule has 0 bridgehead atoms. The van der Waals surface area contributed by atoms with Gasteiger partial charge in [-0.1, -0.05) is 0 Å². The number of halogens is 3. The number of fused-ring (bicyclic) bond motifs is 3. The average molecular weight is 416 g/mol. The number of hydrogen-bond donors (Lipinski definition) is 0. The molecule has 0 radical (unpaired) electrons. The van der Waals surface area contributed by atoms with Crippen molar-refractivity contribution in [2.24, 2.45) is 0 Å². The molecule has 0 fully saturated rings. The molecule has 0 spiro atoms. The molecule has 0 saturated heterocycles. The molecule has 3 rings (SSSR count). The molecule has 1 aliphatic heterocycles. The number of ether oxygens (including phenoxy) is 2. The fourth-order valence-electron chi connectivity index (χ4n) is 3.18. The second-order valence-corrected chi connectivity index (χ2v) is 8.61. The molecular formula is C19H19F3O5S.